The van der Waals surface area contributed by atoms with Gasteiger partial charge in [0.1, 0.15) is 0 Å². The van der Waals surface area contributed by atoms with Gasteiger partial charge in [-0.05, 0) is 54.7 Å². The summed E-state index contributed by atoms with van der Waals surface area (Å²) >= 11 is 5.92. The van der Waals surface area contributed by atoms with E-state index in [0.717, 1.165) is 30.5 Å². The number of anilines is 1. The number of halogens is 1. The maximum Gasteiger partial charge on any atom is 0.235 e. The third-order valence-corrected chi connectivity index (χ3v) is 4.45. The molecule has 0 saturated heterocycles. The van der Waals surface area contributed by atoms with Crippen molar-refractivity contribution in [3.8, 4) is 0 Å². The van der Waals surface area contributed by atoms with Crippen molar-refractivity contribution >= 4 is 23.2 Å². The molecule has 0 atom stereocenters. The monoisotopic (exact) mass is 299 g/mol. The van der Waals surface area contributed by atoms with Crippen LogP contribution in [0.2, 0.25) is 5.02 Å². The van der Waals surface area contributed by atoms with Crippen molar-refractivity contribution in [1.29, 1.82) is 0 Å². The van der Waals surface area contributed by atoms with Crippen molar-refractivity contribution in [3.05, 3.63) is 64.7 Å². The van der Waals surface area contributed by atoms with Crippen LogP contribution >= 0.6 is 11.6 Å². The summed E-state index contributed by atoms with van der Waals surface area (Å²) < 4.78 is 0. The van der Waals surface area contributed by atoms with Crippen LogP contribution in [0.1, 0.15) is 30.9 Å². The molecule has 2 aromatic carbocycles. The number of rotatable bonds is 4. The van der Waals surface area contributed by atoms with Crippen LogP contribution in [0.15, 0.2) is 48.5 Å². The van der Waals surface area contributed by atoms with E-state index in [1.54, 1.807) is 0 Å². The van der Waals surface area contributed by atoms with E-state index < -0.39 is 0 Å². The van der Waals surface area contributed by atoms with Crippen molar-refractivity contribution in [3.63, 3.8) is 0 Å². The smallest absolute Gasteiger partial charge is 0.235 e. The minimum Gasteiger partial charge on any atom is -0.325 e. The molecule has 1 aliphatic rings. The highest BCUT2D eigenvalue weighted by Gasteiger charge is 2.51. The zero-order valence-corrected chi connectivity index (χ0v) is 12.8. The van der Waals surface area contributed by atoms with E-state index in [1.807, 2.05) is 36.4 Å². The van der Waals surface area contributed by atoms with Gasteiger partial charge in [0.2, 0.25) is 5.91 Å². The predicted octanol–water partition coefficient (Wildman–Crippen LogP) is 4.57. The van der Waals surface area contributed by atoms with Crippen molar-refractivity contribution in [2.75, 3.05) is 5.32 Å². The highest BCUT2D eigenvalue weighted by Crippen LogP contribution is 2.49. The molecule has 0 aromatic heterocycles. The molecule has 3 heteroatoms. The van der Waals surface area contributed by atoms with E-state index in [2.05, 4.69) is 24.4 Å². The van der Waals surface area contributed by atoms with E-state index >= 15 is 0 Å². The Morgan fingerprint density at radius 2 is 1.71 bits per heavy atom. The fraction of sp³-hybridized carbons (Fsp3) is 0.278. The number of benzene rings is 2. The fourth-order valence-corrected chi connectivity index (χ4v) is 2.74. The van der Waals surface area contributed by atoms with Crippen LogP contribution in [-0.2, 0) is 16.6 Å². The normalized spacial score (nSPS) is 15.5. The van der Waals surface area contributed by atoms with E-state index in [1.165, 1.54) is 5.56 Å². The highest BCUT2D eigenvalue weighted by molar-refractivity contribution is 6.30. The molecule has 0 spiro atoms. The van der Waals surface area contributed by atoms with Crippen LogP contribution in [0.5, 0.6) is 0 Å². The number of carbonyl (C=O) groups is 1. The van der Waals surface area contributed by atoms with Gasteiger partial charge in [-0.25, -0.2) is 0 Å². The first kappa shape index (κ1) is 14.2. The average molecular weight is 300 g/mol. The van der Waals surface area contributed by atoms with E-state index in [0.29, 0.717) is 5.02 Å². The minimum atomic E-state index is -0.367. The number of carbonyl (C=O) groups excluding carboxylic acids is 1. The molecule has 0 radical (unpaired) electrons. The second-order valence-electron chi connectivity index (χ2n) is 5.59. The highest BCUT2D eigenvalue weighted by atomic mass is 35.5. The zero-order valence-electron chi connectivity index (χ0n) is 12.0. The van der Waals surface area contributed by atoms with Gasteiger partial charge in [0.15, 0.2) is 0 Å². The Morgan fingerprint density at radius 3 is 2.24 bits per heavy atom. The van der Waals surface area contributed by atoms with E-state index in [9.17, 15) is 4.79 Å². The van der Waals surface area contributed by atoms with Gasteiger partial charge in [-0.15, -0.1) is 0 Å². The second kappa shape index (κ2) is 5.53. The molecule has 2 aromatic rings. The molecule has 0 bridgehead atoms. The van der Waals surface area contributed by atoms with Gasteiger partial charge in [0, 0.05) is 10.7 Å². The molecule has 0 unspecified atom stereocenters. The Kier molecular flexibility index (Phi) is 3.73. The summed E-state index contributed by atoms with van der Waals surface area (Å²) in [6, 6.07) is 15.6. The van der Waals surface area contributed by atoms with Gasteiger partial charge in [-0.1, -0.05) is 42.8 Å². The molecule has 108 valence electrons. The van der Waals surface area contributed by atoms with Crippen LogP contribution in [-0.4, -0.2) is 5.91 Å². The van der Waals surface area contributed by atoms with E-state index in [-0.39, 0.29) is 11.3 Å². The predicted molar refractivity (Wildman–Crippen MR) is 86.8 cm³/mol. The van der Waals surface area contributed by atoms with Gasteiger partial charge in [0.05, 0.1) is 5.41 Å². The first-order valence-electron chi connectivity index (χ1n) is 7.30. The molecule has 1 N–H and O–H groups in total. The minimum absolute atomic E-state index is 0.0778. The summed E-state index contributed by atoms with van der Waals surface area (Å²) in [5.74, 6) is 0.0778. The maximum atomic E-state index is 12.6. The van der Waals surface area contributed by atoms with Crippen molar-refractivity contribution in [2.24, 2.45) is 0 Å². The number of aryl methyl sites for hydroxylation is 1. The third-order valence-electron chi connectivity index (χ3n) is 4.20. The molecule has 0 aliphatic heterocycles. The Morgan fingerprint density at radius 1 is 1.10 bits per heavy atom. The van der Waals surface area contributed by atoms with Crippen molar-refractivity contribution in [1.82, 2.24) is 0 Å². The lowest BCUT2D eigenvalue weighted by Gasteiger charge is -2.16. The molecular weight excluding hydrogens is 282 g/mol. The summed E-state index contributed by atoms with van der Waals surface area (Å²) in [5, 5.41) is 3.74. The van der Waals surface area contributed by atoms with Crippen LogP contribution < -0.4 is 5.32 Å². The topological polar surface area (TPSA) is 29.1 Å². The fourth-order valence-electron chi connectivity index (χ4n) is 2.62. The summed E-state index contributed by atoms with van der Waals surface area (Å²) in [6.07, 6.45) is 2.80. The molecule has 1 saturated carbocycles. The van der Waals surface area contributed by atoms with Crippen LogP contribution in [0.4, 0.5) is 5.69 Å². The average Bonchev–Trinajstić information content (AvgIpc) is 3.30. The Hall–Kier alpha value is -1.80. The quantitative estimate of drug-likeness (QED) is 0.880. The summed E-state index contributed by atoms with van der Waals surface area (Å²) in [4.78, 5) is 12.6. The SMILES string of the molecule is CCc1ccc(NC(=O)C2(c3ccc(Cl)cc3)CC2)cc1. The largest absolute Gasteiger partial charge is 0.325 e. The number of hydrogen-bond acceptors (Lipinski definition) is 1. The summed E-state index contributed by atoms with van der Waals surface area (Å²) in [7, 11) is 0. The van der Waals surface area contributed by atoms with Gasteiger partial charge >= 0.3 is 0 Å². The lowest BCUT2D eigenvalue weighted by molar-refractivity contribution is -0.118. The Labute approximate surface area is 130 Å². The molecule has 1 fully saturated rings. The molecule has 3 rings (SSSR count). The number of amides is 1. The lowest BCUT2D eigenvalue weighted by atomic mass is 9.95. The molecule has 21 heavy (non-hydrogen) atoms. The Balaban J connectivity index is 1.76. The van der Waals surface area contributed by atoms with E-state index in [4.69, 9.17) is 11.6 Å². The first-order valence-corrected chi connectivity index (χ1v) is 7.68. The van der Waals surface area contributed by atoms with Crippen LogP contribution in [0.25, 0.3) is 0 Å². The standard InChI is InChI=1S/C18H18ClNO/c1-2-13-3-9-16(10-4-13)20-17(21)18(11-12-18)14-5-7-15(19)8-6-14/h3-10H,2,11-12H2,1H3,(H,20,21). The lowest BCUT2D eigenvalue weighted by Crippen LogP contribution is -2.27. The van der Waals surface area contributed by atoms with Crippen molar-refractivity contribution < 1.29 is 4.79 Å². The second-order valence-corrected chi connectivity index (χ2v) is 6.03. The molecule has 0 heterocycles. The van der Waals surface area contributed by atoms with Crippen molar-refractivity contribution in [2.45, 2.75) is 31.6 Å². The van der Waals surface area contributed by atoms with Crippen LogP contribution in [0, 0.1) is 0 Å². The molecular formula is C18H18ClNO. The summed E-state index contributed by atoms with van der Waals surface area (Å²) in [6.45, 7) is 2.12. The zero-order chi connectivity index (χ0) is 14.9. The maximum absolute atomic E-state index is 12.6. The van der Waals surface area contributed by atoms with Gasteiger partial charge in [0.25, 0.3) is 0 Å². The van der Waals surface area contributed by atoms with Gasteiger partial charge < -0.3 is 5.32 Å². The first-order chi connectivity index (χ1) is 10.1. The van der Waals surface area contributed by atoms with Gasteiger partial charge in [-0.3, -0.25) is 4.79 Å². The van der Waals surface area contributed by atoms with Crippen LogP contribution in [0.3, 0.4) is 0 Å². The Bertz CT molecular complexity index is 642. The molecule has 1 amide bonds. The number of hydrogen-bond donors (Lipinski definition) is 1. The third kappa shape index (κ3) is 2.81. The molecule has 2 nitrogen and oxygen atoms in total. The molecule has 1 aliphatic carbocycles. The number of nitrogens with one attached hydrogen (secondary N) is 1. The summed E-state index contributed by atoms with van der Waals surface area (Å²) in [5.41, 5.74) is 2.81. The van der Waals surface area contributed by atoms with Gasteiger partial charge in [-0.2, -0.15) is 0 Å².